The van der Waals surface area contributed by atoms with Crippen LogP contribution in [0.1, 0.15) is 5.56 Å². The lowest BCUT2D eigenvalue weighted by Crippen LogP contribution is -2.12. The van der Waals surface area contributed by atoms with Crippen LogP contribution in [0.2, 0.25) is 0 Å². The van der Waals surface area contributed by atoms with E-state index in [1.807, 2.05) is 22.8 Å². The molecule has 1 aromatic carbocycles. The highest BCUT2D eigenvalue weighted by atomic mass is 15.1. The molecule has 5 heteroatoms. The van der Waals surface area contributed by atoms with Crippen LogP contribution in [0.15, 0.2) is 49.1 Å². The van der Waals surface area contributed by atoms with Gasteiger partial charge in [0, 0.05) is 6.54 Å². The zero-order chi connectivity index (χ0) is 13.1. The Bertz CT molecular complexity index is 767. The first-order chi connectivity index (χ1) is 9.34. The molecule has 19 heavy (non-hydrogen) atoms. The van der Waals surface area contributed by atoms with Gasteiger partial charge >= 0.3 is 0 Å². The van der Waals surface area contributed by atoms with Gasteiger partial charge in [-0.25, -0.2) is 9.97 Å². The number of aromatic nitrogens is 4. The van der Waals surface area contributed by atoms with E-state index in [9.17, 15) is 0 Å². The van der Waals surface area contributed by atoms with Crippen molar-refractivity contribution in [3.05, 3.63) is 60.1 Å². The average Bonchev–Trinajstić information content (AvgIpc) is 2.93. The summed E-state index contributed by atoms with van der Waals surface area (Å²) in [5.41, 5.74) is 2.79. The van der Waals surface area contributed by atoms with E-state index in [-0.39, 0.29) is 5.49 Å². The Morgan fingerprint density at radius 3 is 2.89 bits per heavy atom. The smallest absolute Gasteiger partial charge is 0.173 e. The minimum Gasteiger partial charge on any atom is -0.340 e. The highest BCUT2D eigenvalue weighted by molar-refractivity contribution is 5.68. The van der Waals surface area contributed by atoms with Gasteiger partial charge in [0.25, 0.3) is 0 Å². The Morgan fingerprint density at radius 1 is 1.21 bits per heavy atom. The number of allylic oxidation sites excluding steroid dienone is 1. The van der Waals surface area contributed by atoms with Crippen LogP contribution in [0.25, 0.3) is 17.2 Å². The summed E-state index contributed by atoms with van der Waals surface area (Å²) in [5, 5.41) is 7.67. The van der Waals surface area contributed by atoms with Crippen molar-refractivity contribution in [2.75, 3.05) is 0 Å². The number of rotatable bonds is 3. The standard InChI is InChI=1S/C14H13N5/c15-13-12-14(17-9-16-12)19(10-18-13)8-4-7-11-5-2-1-3-6-11/h1-7,9-10,15H,8H2,(H,16,17)/b7-4+,15-13?. The lowest BCUT2D eigenvalue weighted by Gasteiger charge is -2.02. The molecule has 0 amide bonds. The fourth-order valence-corrected chi connectivity index (χ4v) is 1.93. The highest BCUT2D eigenvalue weighted by Crippen LogP contribution is 2.05. The molecule has 94 valence electrons. The lowest BCUT2D eigenvalue weighted by atomic mass is 10.2. The van der Waals surface area contributed by atoms with E-state index < -0.39 is 0 Å². The van der Waals surface area contributed by atoms with Crippen molar-refractivity contribution in [2.24, 2.45) is 0 Å². The van der Waals surface area contributed by atoms with Gasteiger partial charge in [-0.2, -0.15) is 0 Å². The van der Waals surface area contributed by atoms with Gasteiger partial charge < -0.3 is 9.55 Å². The molecule has 2 N–H and O–H groups in total. The summed E-state index contributed by atoms with van der Waals surface area (Å²) < 4.78 is 1.91. The first kappa shape index (κ1) is 11.4. The number of nitrogens with zero attached hydrogens (tertiary/aromatic N) is 3. The number of hydrogen-bond donors (Lipinski definition) is 2. The van der Waals surface area contributed by atoms with Crippen LogP contribution in [-0.2, 0) is 6.54 Å². The maximum Gasteiger partial charge on any atom is 0.173 e. The van der Waals surface area contributed by atoms with Crippen LogP contribution in [0.4, 0.5) is 0 Å². The summed E-state index contributed by atoms with van der Waals surface area (Å²) >= 11 is 0. The van der Waals surface area contributed by atoms with Gasteiger partial charge in [-0.1, -0.05) is 42.5 Å². The molecule has 0 unspecified atom stereocenters. The molecule has 0 saturated carbocycles. The van der Waals surface area contributed by atoms with Crippen molar-refractivity contribution >= 4 is 17.2 Å². The van der Waals surface area contributed by atoms with E-state index in [2.05, 4.69) is 39.2 Å². The lowest BCUT2D eigenvalue weighted by molar-refractivity contribution is 0.805. The minimum atomic E-state index is 0.218. The maximum absolute atomic E-state index is 7.67. The number of H-pyrrole nitrogens is 1. The maximum atomic E-state index is 7.67. The van der Waals surface area contributed by atoms with Crippen molar-refractivity contribution in [3.63, 3.8) is 0 Å². The number of benzene rings is 1. The Labute approximate surface area is 109 Å². The molecule has 0 fully saturated rings. The van der Waals surface area contributed by atoms with Gasteiger partial charge in [-0.15, -0.1) is 0 Å². The number of imidazole rings is 1. The van der Waals surface area contributed by atoms with Crippen molar-refractivity contribution in [2.45, 2.75) is 6.54 Å². The molecule has 0 aliphatic carbocycles. The molecule has 3 aromatic rings. The first-order valence-corrected chi connectivity index (χ1v) is 5.99. The number of nitrogens with one attached hydrogen (secondary N) is 2. The third-order valence-corrected chi connectivity index (χ3v) is 2.87. The number of aromatic amines is 1. The Morgan fingerprint density at radius 2 is 2.05 bits per heavy atom. The summed E-state index contributed by atoms with van der Waals surface area (Å²) in [5.74, 6) is 0. The van der Waals surface area contributed by atoms with Gasteiger partial charge in [-0.3, -0.25) is 5.41 Å². The van der Waals surface area contributed by atoms with Crippen LogP contribution < -0.4 is 5.49 Å². The molecule has 2 aromatic heterocycles. The molecule has 0 aliphatic heterocycles. The van der Waals surface area contributed by atoms with Gasteiger partial charge in [0.1, 0.15) is 5.52 Å². The first-order valence-electron chi connectivity index (χ1n) is 5.99. The molecule has 0 atom stereocenters. The normalized spacial score (nSPS) is 11.4. The van der Waals surface area contributed by atoms with E-state index in [4.69, 9.17) is 5.41 Å². The van der Waals surface area contributed by atoms with E-state index in [0.29, 0.717) is 12.1 Å². The molecule has 0 saturated heterocycles. The Kier molecular flexibility index (Phi) is 2.94. The largest absolute Gasteiger partial charge is 0.340 e. The Balaban J connectivity index is 1.87. The van der Waals surface area contributed by atoms with Crippen molar-refractivity contribution in [1.29, 1.82) is 5.41 Å². The summed E-state index contributed by atoms with van der Waals surface area (Å²) in [6.07, 6.45) is 7.33. The number of hydrogen-bond acceptors (Lipinski definition) is 3. The van der Waals surface area contributed by atoms with Gasteiger partial charge in [0.05, 0.1) is 12.7 Å². The summed E-state index contributed by atoms with van der Waals surface area (Å²) in [6, 6.07) is 10.1. The molecular formula is C14H13N5. The molecule has 0 bridgehead atoms. The molecule has 2 heterocycles. The van der Waals surface area contributed by atoms with Gasteiger partial charge in [0.2, 0.25) is 0 Å². The fourth-order valence-electron chi connectivity index (χ4n) is 1.93. The number of fused-ring (bicyclic) bond motifs is 1. The molecular weight excluding hydrogens is 238 g/mol. The zero-order valence-electron chi connectivity index (χ0n) is 10.2. The predicted molar refractivity (Wildman–Crippen MR) is 73.2 cm³/mol. The third kappa shape index (κ3) is 2.30. The summed E-state index contributed by atoms with van der Waals surface area (Å²) in [4.78, 5) is 11.2. The molecule has 0 aliphatic rings. The summed E-state index contributed by atoms with van der Waals surface area (Å²) in [7, 11) is 0. The molecule has 0 radical (unpaired) electrons. The van der Waals surface area contributed by atoms with Crippen LogP contribution in [0.5, 0.6) is 0 Å². The topological polar surface area (TPSA) is 70.3 Å². The average molecular weight is 251 g/mol. The van der Waals surface area contributed by atoms with E-state index in [1.54, 1.807) is 12.7 Å². The van der Waals surface area contributed by atoms with Crippen molar-refractivity contribution in [1.82, 2.24) is 19.5 Å². The van der Waals surface area contributed by atoms with Crippen LogP contribution in [-0.4, -0.2) is 19.5 Å². The van der Waals surface area contributed by atoms with Crippen LogP contribution in [0.3, 0.4) is 0 Å². The van der Waals surface area contributed by atoms with Gasteiger partial charge in [0.15, 0.2) is 11.1 Å². The van der Waals surface area contributed by atoms with Crippen molar-refractivity contribution in [3.8, 4) is 0 Å². The molecule has 5 nitrogen and oxygen atoms in total. The quantitative estimate of drug-likeness (QED) is 0.747. The second-order valence-corrected chi connectivity index (χ2v) is 4.16. The fraction of sp³-hybridized carbons (Fsp3) is 0.0714. The van der Waals surface area contributed by atoms with Crippen LogP contribution in [0, 0.1) is 5.41 Å². The van der Waals surface area contributed by atoms with Crippen LogP contribution >= 0.6 is 0 Å². The van der Waals surface area contributed by atoms with E-state index in [0.717, 1.165) is 11.2 Å². The summed E-state index contributed by atoms with van der Waals surface area (Å²) in [6.45, 7) is 0.670. The minimum absolute atomic E-state index is 0.218. The van der Waals surface area contributed by atoms with Gasteiger partial charge in [-0.05, 0) is 5.56 Å². The third-order valence-electron chi connectivity index (χ3n) is 2.87. The molecule has 3 rings (SSSR count). The predicted octanol–water partition coefficient (Wildman–Crippen LogP) is 1.95. The second kappa shape index (κ2) is 4.89. The monoisotopic (exact) mass is 251 g/mol. The highest BCUT2D eigenvalue weighted by Gasteiger charge is 2.02. The molecule has 0 spiro atoms. The second-order valence-electron chi connectivity index (χ2n) is 4.16. The zero-order valence-corrected chi connectivity index (χ0v) is 10.2. The van der Waals surface area contributed by atoms with E-state index in [1.165, 1.54) is 0 Å². The van der Waals surface area contributed by atoms with Crippen molar-refractivity contribution < 1.29 is 0 Å². The Hall–Kier alpha value is -2.69. The van der Waals surface area contributed by atoms with E-state index >= 15 is 0 Å². The SMILES string of the molecule is N=c1ncn(C/C=C/c2ccccc2)c2nc[nH]c12.